The van der Waals surface area contributed by atoms with E-state index in [1.54, 1.807) is 0 Å². The molecule has 0 saturated heterocycles. The van der Waals surface area contributed by atoms with E-state index in [-0.39, 0.29) is 23.1 Å². The number of nitrogens with zero attached hydrogens (tertiary/aromatic N) is 3. The predicted octanol–water partition coefficient (Wildman–Crippen LogP) is 0.785. The summed E-state index contributed by atoms with van der Waals surface area (Å²) in [6.45, 7) is 2.47. The number of nitro groups is 1. The van der Waals surface area contributed by atoms with Crippen LogP contribution in [0.15, 0.2) is 12.3 Å². The number of pyridine rings is 1. The maximum Gasteiger partial charge on any atom is 0.288 e. The first-order valence-electron chi connectivity index (χ1n) is 6.80. The number of carbonyl (C=O) groups excluding carboxylic acids is 1. The van der Waals surface area contributed by atoms with Gasteiger partial charge in [-0.1, -0.05) is 0 Å². The lowest BCUT2D eigenvalue weighted by Crippen LogP contribution is -2.41. The molecule has 114 valence electrons. The average molecular weight is 293 g/mol. The molecule has 1 saturated carbocycles. The van der Waals surface area contributed by atoms with E-state index in [0.29, 0.717) is 12.6 Å². The van der Waals surface area contributed by atoms with Crippen LogP contribution in [0.1, 0.15) is 30.1 Å². The summed E-state index contributed by atoms with van der Waals surface area (Å²) < 4.78 is 0. The van der Waals surface area contributed by atoms with E-state index in [4.69, 9.17) is 5.73 Å². The van der Waals surface area contributed by atoms with Crippen molar-refractivity contribution in [1.29, 1.82) is 0 Å². The molecule has 1 fully saturated rings. The summed E-state index contributed by atoms with van der Waals surface area (Å²) in [6.07, 6.45) is 3.42. The van der Waals surface area contributed by atoms with Crippen molar-refractivity contribution in [3.63, 3.8) is 0 Å². The minimum atomic E-state index is -0.604. The first kappa shape index (κ1) is 15.2. The minimum Gasteiger partial charge on any atom is -0.383 e. The molecular weight excluding hydrogens is 274 g/mol. The molecular formula is C13H19N5O3. The smallest absolute Gasteiger partial charge is 0.288 e. The second kappa shape index (κ2) is 6.04. The Kier molecular flexibility index (Phi) is 4.37. The Morgan fingerprint density at radius 1 is 1.67 bits per heavy atom. The number of nitrogens with two attached hydrogens (primary N) is 1. The van der Waals surface area contributed by atoms with Gasteiger partial charge in [0.2, 0.25) is 0 Å². The van der Waals surface area contributed by atoms with Gasteiger partial charge in [-0.05, 0) is 26.8 Å². The highest BCUT2D eigenvalue weighted by Gasteiger charge is 2.29. The molecule has 0 radical (unpaired) electrons. The molecule has 1 amide bonds. The van der Waals surface area contributed by atoms with Crippen molar-refractivity contribution in [2.75, 3.05) is 19.3 Å². The Bertz CT molecular complexity index is 559. The maximum absolute atomic E-state index is 12.1. The molecule has 2 rings (SSSR count). The van der Waals surface area contributed by atoms with E-state index < -0.39 is 10.8 Å². The number of hydrogen-bond donors (Lipinski definition) is 2. The SMILES string of the molecule is CC(CNC(=O)c1cc([N+](=O)[O-])cnc1N)N(C)C1CC1. The fourth-order valence-corrected chi connectivity index (χ4v) is 2.07. The quantitative estimate of drug-likeness (QED) is 0.592. The normalized spacial score (nSPS) is 15.8. The van der Waals surface area contributed by atoms with E-state index in [2.05, 4.69) is 15.2 Å². The Morgan fingerprint density at radius 3 is 2.90 bits per heavy atom. The highest BCUT2D eigenvalue weighted by molar-refractivity contribution is 5.98. The van der Waals surface area contributed by atoms with E-state index in [0.717, 1.165) is 12.3 Å². The molecule has 1 atom stereocenters. The standard InChI is InChI=1S/C13H19N5O3/c1-8(17(2)9-3-4-9)6-16-13(19)11-5-10(18(20)21)7-15-12(11)14/h5,7-9H,3-4,6H2,1-2H3,(H2,14,15)(H,16,19). The average Bonchev–Trinajstić information content (AvgIpc) is 3.28. The van der Waals surface area contributed by atoms with Crippen molar-refractivity contribution in [2.24, 2.45) is 0 Å². The monoisotopic (exact) mass is 293 g/mol. The van der Waals surface area contributed by atoms with Crippen LogP contribution in [-0.4, -0.2) is 46.4 Å². The number of anilines is 1. The van der Waals surface area contributed by atoms with Crippen LogP contribution >= 0.6 is 0 Å². The molecule has 1 aromatic rings. The first-order chi connectivity index (χ1) is 9.90. The van der Waals surface area contributed by atoms with Gasteiger partial charge in [-0.15, -0.1) is 0 Å². The topological polar surface area (TPSA) is 114 Å². The third kappa shape index (κ3) is 3.66. The van der Waals surface area contributed by atoms with Gasteiger partial charge in [0.05, 0.1) is 10.5 Å². The lowest BCUT2D eigenvalue weighted by atomic mass is 10.2. The minimum absolute atomic E-state index is 0.0127. The Hall–Kier alpha value is -2.22. The van der Waals surface area contributed by atoms with Gasteiger partial charge in [0.15, 0.2) is 0 Å². The molecule has 8 heteroatoms. The van der Waals surface area contributed by atoms with Crippen molar-refractivity contribution < 1.29 is 9.72 Å². The van der Waals surface area contributed by atoms with Crippen molar-refractivity contribution in [2.45, 2.75) is 31.8 Å². The summed E-state index contributed by atoms with van der Waals surface area (Å²) in [7, 11) is 2.03. The van der Waals surface area contributed by atoms with Gasteiger partial charge in [0.25, 0.3) is 11.6 Å². The van der Waals surface area contributed by atoms with Crippen LogP contribution in [0.5, 0.6) is 0 Å². The number of likely N-dealkylation sites (N-methyl/N-ethyl adjacent to an activating group) is 1. The molecule has 1 aromatic heterocycles. The molecule has 21 heavy (non-hydrogen) atoms. The number of amides is 1. The summed E-state index contributed by atoms with van der Waals surface area (Å²) in [5.41, 5.74) is 5.39. The van der Waals surface area contributed by atoms with Gasteiger partial charge in [0, 0.05) is 24.7 Å². The summed E-state index contributed by atoms with van der Waals surface area (Å²) in [4.78, 5) is 28.1. The van der Waals surface area contributed by atoms with Gasteiger partial charge in [0.1, 0.15) is 12.0 Å². The van der Waals surface area contributed by atoms with Crippen LogP contribution < -0.4 is 11.1 Å². The lowest BCUT2D eigenvalue weighted by molar-refractivity contribution is -0.385. The number of aromatic nitrogens is 1. The number of carbonyl (C=O) groups is 1. The van der Waals surface area contributed by atoms with Crippen molar-refractivity contribution >= 4 is 17.4 Å². The van der Waals surface area contributed by atoms with Crippen LogP contribution in [0.4, 0.5) is 11.5 Å². The van der Waals surface area contributed by atoms with Crippen LogP contribution in [0.25, 0.3) is 0 Å². The maximum atomic E-state index is 12.1. The van der Waals surface area contributed by atoms with Crippen molar-refractivity contribution in [1.82, 2.24) is 15.2 Å². The molecule has 3 N–H and O–H groups in total. The summed E-state index contributed by atoms with van der Waals surface area (Å²) in [5.74, 6) is -0.457. The highest BCUT2D eigenvalue weighted by atomic mass is 16.6. The zero-order valence-electron chi connectivity index (χ0n) is 12.1. The summed E-state index contributed by atoms with van der Waals surface area (Å²) in [6, 6.07) is 1.93. The predicted molar refractivity (Wildman–Crippen MR) is 77.9 cm³/mol. The fraction of sp³-hybridized carbons (Fsp3) is 0.538. The molecule has 1 unspecified atom stereocenters. The zero-order valence-corrected chi connectivity index (χ0v) is 12.1. The Morgan fingerprint density at radius 2 is 2.33 bits per heavy atom. The summed E-state index contributed by atoms with van der Waals surface area (Å²) in [5, 5.41) is 13.5. The van der Waals surface area contributed by atoms with Crippen LogP contribution in [-0.2, 0) is 0 Å². The molecule has 1 aliphatic carbocycles. The van der Waals surface area contributed by atoms with Gasteiger partial charge in [-0.25, -0.2) is 4.98 Å². The largest absolute Gasteiger partial charge is 0.383 e. The molecule has 1 aliphatic rings. The van der Waals surface area contributed by atoms with E-state index in [1.165, 1.54) is 12.8 Å². The highest BCUT2D eigenvalue weighted by Crippen LogP contribution is 2.26. The van der Waals surface area contributed by atoms with Crippen LogP contribution in [0, 0.1) is 10.1 Å². The van der Waals surface area contributed by atoms with E-state index in [1.807, 2.05) is 14.0 Å². The van der Waals surface area contributed by atoms with Gasteiger partial charge < -0.3 is 11.1 Å². The second-order valence-electron chi connectivity index (χ2n) is 5.34. The number of nitrogen functional groups attached to an aromatic ring is 1. The molecule has 0 bridgehead atoms. The van der Waals surface area contributed by atoms with E-state index >= 15 is 0 Å². The Balaban J connectivity index is 1.99. The molecule has 8 nitrogen and oxygen atoms in total. The summed E-state index contributed by atoms with van der Waals surface area (Å²) >= 11 is 0. The number of hydrogen-bond acceptors (Lipinski definition) is 6. The zero-order chi connectivity index (χ0) is 15.6. The number of nitrogens with one attached hydrogen (secondary N) is 1. The van der Waals surface area contributed by atoms with Crippen LogP contribution in [0.2, 0.25) is 0 Å². The first-order valence-corrected chi connectivity index (χ1v) is 6.80. The van der Waals surface area contributed by atoms with Gasteiger partial charge in [-0.3, -0.25) is 19.8 Å². The second-order valence-corrected chi connectivity index (χ2v) is 5.34. The van der Waals surface area contributed by atoms with Gasteiger partial charge >= 0.3 is 0 Å². The molecule has 1 heterocycles. The third-order valence-electron chi connectivity index (χ3n) is 3.74. The molecule has 0 spiro atoms. The third-order valence-corrected chi connectivity index (χ3v) is 3.74. The molecule has 0 aliphatic heterocycles. The van der Waals surface area contributed by atoms with Gasteiger partial charge in [-0.2, -0.15) is 0 Å². The lowest BCUT2D eigenvalue weighted by Gasteiger charge is -2.24. The Labute approximate surface area is 122 Å². The number of rotatable bonds is 6. The fourth-order valence-electron chi connectivity index (χ4n) is 2.07. The van der Waals surface area contributed by atoms with Crippen LogP contribution in [0.3, 0.4) is 0 Å². The van der Waals surface area contributed by atoms with E-state index in [9.17, 15) is 14.9 Å². The van der Waals surface area contributed by atoms with Crippen molar-refractivity contribution in [3.8, 4) is 0 Å². The van der Waals surface area contributed by atoms with Crippen molar-refractivity contribution in [3.05, 3.63) is 27.9 Å². The molecule has 0 aromatic carbocycles.